The number of hydrogen-bond donors (Lipinski definition) is 1. The quantitative estimate of drug-likeness (QED) is 0.467. The third-order valence-electron chi connectivity index (χ3n) is 4.46. The molecule has 0 atom stereocenters. The van der Waals surface area contributed by atoms with Crippen LogP contribution in [0.3, 0.4) is 0 Å². The standard InChI is InChI=1S/C18H16N8O3S/c1-25-18(22-23-24-25)30-15-7-6-12(26(28)29)8-13(15)17(27)21-16-10-19-14(9-20-16)11-4-2-3-5-11/h4,6-10H,2-3,5H2,1H3,(H,20,21,27). The highest BCUT2D eigenvalue weighted by Gasteiger charge is 2.20. The number of carbonyl (C=O) groups excluding carboxylic acids is 1. The molecule has 0 unspecified atom stereocenters. The Balaban J connectivity index is 1.59. The number of aromatic nitrogens is 6. The fourth-order valence-electron chi connectivity index (χ4n) is 2.95. The second kappa shape index (κ2) is 8.37. The van der Waals surface area contributed by atoms with E-state index in [1.807, 2.05) is 0 Å². The Bertz CT molecular complexity index is 1140. The first-order valence-electron chi connectivity index (χ1n) is 9.03. The average molecular weight is 424 g/mol. The second-order valence-electron chi connectivity index (χ2n) is 6.49. The van der Waals surface area contributed by atoms with Gasteiger partial charge in [-0.05, 0) is 53.1 Å². The molecule has 0 spiro atoms. The highest BCUT2D eigenvalue weighted by Crippen LogP contribution is 2.31. The summed E-state index contributed by atoms with van der Waals surface area (Å²) in [6.07, 6.45) is 8.32. The summed E-state index contributed by atoms with van der Waals surface area (Å²) >= 11 is 1.13. The minimum atomic E-state index is -0.557. The summed E-state index contributed by atoms with van der Waals surface area (Å²) in [6.45, 7) is 0. The summed E-state index contributed by atoms with van der Waals surface area (Å²) in [6, 6.07) is 4.03. The molecule has 3 aromatic rings. The van der Waals surface area contributed by atoms with Gasteiger partial charge in [0.2, 0.25) is 5.16 Å². The van der Waals surface area contributed by atoms with Crippen molar-refractivity contribution in [3.05, 3.63) is 58.0 Å². The zero-order valence-corrected chi connectivity index (χ0v) is 16.7. The first-order valence-corrected chi connectivity index (χ1v) is 9.84. The molecule has 1 amide bonds. The maximum absolute atomic E-state index is 12.9. The number of non-ortho nitro benzene ring substituents is 1. The van der Waals surface area contributed by atoms with Gasteiger partial charge in [-0.15, -0.1) is 5.10 Å². The van der Waals surface area contributed by atoms with Crippen LogP contribution in [0.1, 0.15) is 35.3 Å². The van der Waals surface area contributed by atoms with Crippen molar-refractivity contribution in [3.63, 3.8) is 0 Å². The van der Waals surface area contributed by atoms with E-state index in [-0.39, 0.29) is 17.1 Å². The number of tetrazole rings is 1. The number of allylic oxidation sites excluding steroid dienone is 2. The van der Waals surface area contributed by atoms with Crippen LogP contribution in [0.2, 0.25) is 0 Å². The van der Waals surface area contributed by atoms with Crippen molar-refractivity contribution in [1.82, 2.24) is 30.2 Å². The second-order valence-corrected chi connectivity index (χ2v) is 7.50. The summed E-state index contributed by atoms with van der Waals surface area (Å²) in [7, 11) is 1.66. The van der Waals surface area contributed by atoms with E-state index < -0.39 is 10.8 Å². The van der Waals surface area contributed by atoms with E-state index in [0.29, 0.717) is 10.1 Å². The molecule has 0 fully saturated rings. The fourth-order valence-corrected chi connectivity index (χ4v) is 3.79. The van der Waals surface area contributed by atoms with Crippen molar-refractivity contribution in [2.45, 2.75) is 29.3 Å². The molecule has 152 valence electrons. The lowest BCUT2D eigenvalue weighted by atomic mass is 10.2. The Morgan fingerprint density at radius 3 is 2.80 bits per heavy atom. The molecule has 0 aliphatic heterocycles. The van der Waals surface area contributed by atoms with Crippen molar-refractivity contribution < 1.29 is 9.72 Å². The minimum Gasteiger partial charge on any atom is -0.305 e. The number of benzene rings is 1. The Hall–Kier alpha value is -3.67. The highest BCUT2D eigenvalue weighted by molar-refractivity contribution is 7.99. The number of aryl methyl sites for hydroxylation is 1. The van der Waals surface area contributed by atoms with Gasteiger partial charge >= 0.3 is 0 Å². The van der Waals surface area contributed by atoms with Gasteiger partial charge in [-0.1, -0.05) is 6.08 Å². The molecule has 2 aromatic heterocycles. The lowest BCUT2D eigenvalue weighted by molar-refractivity contribution is -0.384. The molecular formula is C18H16N8O3S. The number of anilines is 1. The largest absolute Gasteiger partial charge is 0.305 e. The van der Waals surface area contributed by atoms with E-state index in [1.165, 1.54) is 29.1 Å². The summed E-state index contributed by atoms with van der Waals surface area (Å²) in [5.41, 5.74) is 1.85. The molecule has 1 aliphatic carbocycles. The third kappa shape index (κ3) is 4.17. The van der Waals surface area contributed by atoms with Gasteiger partial charge in [0.15, 0.2) is 5.82 Å². The monoisotopic (exact) mass is 424 g/mol. The number of hydrogen-bond acceptors (Lipinski definition) is 9. The van der Waals surface area contributed by atoms with Crippen LogP contribution in [0.4, 0.5) is 11.5 Å². The molecule has 1 aliphatic rings. The normalized spacial score (nSPS) is 13.2. The Kier molecular flexibility index (Phi) is 5.48. The highest BCUT2D eigenvalue weighted by atomic mass is 32.2. The van der Waals surface area contributed by atoms with Crippen LogP contribution in [-0.2, 0) is 7.05 Å². The molecule has 1 aromatic carbocycles. The maximum atomic E-state index is 12.9. The molecule has 0 saturated heterocycles. The van der Waals surface area contributed by atoms with E-state index in [4.69, 9.17) is 0 Å². The lowest BCUT2D eigenvalue weighted by Crippen LogP contribution is -2.15. The van der Waals surface area contributed by atoms with Crippen LogP contribution < -0.4 is 5.32 Å². The molecule has 1 N–H and O–H groups in total. The van der Waals surface area contributed by atoms with E-state index in [1.54, 1.807) is 13.2 Å². The number of amides is 1. The molecular weight excluding hydrogens is 408 g/mol. The van der Waals surface area contributed by atoms with Gasteiger partial charge in [-0.2, -0.15) is 0 Å². The number of nitrogens with one attached hydrogen (secondary N) is 1. The van der Waals surface area contributed by atoms with Crippen molar-refractivity contribution >= 4 is 34.7 Å². The molecule has 30 heavy (non-hydrogen) atoms. The van der Waals surface area contributed by atoms with Crippen LogP contribution in [0.15, 0.2) is 46.7 Å². The number of nitrogens with zero attached hydrogens (tertiary/aromatic N) is 7. The predicted molar refractivity (Wildman–Crippen MR) is 108 cm³/mol. The smallest absolute Gasteiger partial charge is 0.270 e. The van der Waals surface area contributed by atoms with Gasteiger partial charge in [0.1, 0.15) is 0 Å². The van der Waals surface area contributed by atoms with Crippen molar-refractivity contribution in [2.75, 3.05) is 5.32 Å². The van der Waals surface area contributed by atoms with E-state index in [2.05, 4.69) is 36.9 Å². The van der Waals surface area contributed by atoms with Gasteiger partial charge in [-0.3, -0.25) is 19.9 Å². The number of carbonyl (C=O) groups is 1. The van der Waals surface area contributed by atoms with Crippen LogP contribution in [0.25, 0.3) is 5.57 Å². The van der Waals surface area contributed by atoms with Crippen LogP contribution in [-0.4, -0.2) is 41.0 Å². The summed E-state index contributed by atoms with van der Waals surface area (Å²) in [4.78, 5) is 32.6. The summed E-state index contributed by atoms with van der Waals surface area (Å²) < 4.78 is 1.44. The van der Waals surface area contributed by atoms with Crippen LogP contribution >= 0.6 is 11.8 Å². The number of nitro benzene ring substituents is 1. The summed E-state index contributed by atoms with van der Waals surface area (Å²) in [5.74, 6) is -0.288. The van der Waals surface area contributed by atoms with E-state index in [0.717, 1.165) is 42.3 Å². The Labute approximate surface area is 174 Å². The van der Waals surface area contributed by atoms with Crippen LogP contribution in [0.5, 0.6) is 0 Å². The molecule has 4 rings (SSSR count). The van der Waals surface area contributed by atoms with Gasteiger partial charge in [-0.25, -0.2) is 9.67 Å². The maximum Gasteiger partial charge on any atom is 0.270 e. The van der Waals surface area contributed by atoms with Crippen molar-refractivity contribution in [1.29, 1.82) is 0 Å². The molecule has 2 heterocycles. The zero-order valence-electron chi connectivity index (χ0n) is 15.8. The van der Waals surface area contributed by atoms with Crippen molar-refractivity contribution in [2.24, 2.45) is 7.05 Å². The topological polar surface area (TPSA) is 142 Å². The van der Waals surface area contributed by atoms with Gasteiger partial charge < -0.3 is 5.32 Å². The fraction of sp³-hybridized carbons (Fsp3) is 0.222. The molecule has 11 nitrogen and oxygen atoms in total. The van der Waals surface area contributed by atoms with E-state index >= 15 is 0 Å². The van der Waals surface area contributed by atoms with Crippen LogP contribution in [0, 0.1) is 10.1 Å². The lowest BCUT2D eigenvalue weighted by Gasteiger charge is -2.09. The third-order valence-corrected chi connectivity index (χ3v) is 5.57. The summed E-state index contributed by atoms with van der Waals surface area (Å²) in [5, 5.41) is 25.4. The average Bonchev–Trinajstić information content (AvgIpc) is 3.41. The molecule has 0 saturated carbocycles. The molecule has 12 heteroatoms. The van der Waals surface area contributed by atoms with Crippen molar-refractivity contribution in [3.8, 4) is 0 Å². The Morgan fingerprint density at radius 1 is 1.30 bits per heavy atom. The number of rotatable bonds is 6. The van der Waals surface area contributed by atoms with Gasteiger partial charge in [0, 0.05) is 24.1 Å². The zero-order chi connectivity index (χ0) is 21.1. The van der Waals surface area contributed by atoms with Gasteiger partial charge in [0.05, 0.1) is 28.6 Å². The predicted octanol–water partition coefficient (Wildman–Crippen LogP) is 2.88. The Morgan fingerprint density at radius 2 is 2.17 bits per heavy atom. The first-order chi connectivity index (χ1) is 14.5. The SMILES string of the molecule is Cn1nnnc1Sc1ccc([N+](=O)[O-])cc1C(=O)Nc1cnc(C2=CCCC2)cn1. The molecule has 0 bridgehead atoms. The minimum absolute atomic E-state index is 0.113. The van der Waals surface area contributed by atoms with Gasteiger partial charge in [0.25, 0.3) is 11.6 Å². The number of nitro groups is 1. The molecule has 0 radical (unpaired) electrons. The van der Waals surface area contributed by atoms with E-state index in [9.17, 15) is 14.9 Å². The first kappa shape index (κ1) is 19.6.